The second-order valence-electron chi connectivity index (χ2n) is 5.78. The van der Waals surface area contributed by atoms with Gasteiger partial charge >= 0.3 is 5.97 Å². The fourth-order valence-electron chi connectivity index (χ4n) is 2.55. The molecule has 5 heteroatoms. The Balaban J connectivity index is 2.16. The molecule has 1 atom stereocenters. The van der Waals surface area contributed by atoms with Gasteiger partial charge in [0.05, 0.1) is 6.61 Å². The zero-order chi connectivity index (χ0) is 14.6. The predicted molar refractivity (Wildman–Crippen MR) is 83.7 cm³/mol. The molecule has 0 bridgehead atoms. The summed E-state index contributed by atoms with van der Waals surface area (Å²) in [6.45, 7) is 8.15. The first-order chi connectivity index (χ1) is 9.54. The maximum atomic E-state index is 12.7. The molecule has 2 rings (SSSR count). The molecule has 0 saturated carbocycles. The lowest BCUT2D eigenvalue weighted by Crippen LogP contribution is -2.60. The molecular weight excluding hydrogens is 320 g/mol. The van der Waals surface area contributed by atoms with Crippen LogP contribution in [0.5, 0.6) is 0 Å². The smallest absolute Gasteiger partial charge is 0.330 e. The van der Waals surface area contributed by atoms with Crippen LogP contribution in [-0.2, 0) is 9.53 Å². The lowest BCUT2D eigenvalue weighted by atomic mass is 9.88. The summed E-state index contributed by atoms with van der Waals surface area (Å²) in [6, 6.07) is 0. The summed E-state index contributed by atoms with van der Waals surface area (Å²) in [4.78, 5) is 14.9. The molecule has 4 nitrogen and oxygen atoms in total. The molecule has 1 N–H and O–H groups in total. The molecule has 0 amide bonds. The van der Waals surface area contributed by atoms with E-state index < -0.39 is 5.54 Å². The highest BCUT2D eigenvalue weighted by Crippen LogP contribution is 2.31. The Kier molecular flexibility index (Phi) is 5.41. The number of hydrogen-bond acceptors (Lipinski definition) is 4. The number of nitrogens with one attached hydrogen (secondary N) is 1. The Bertz CT molecular complexity index is 414. The van der Waals surface area contributed by atoms with E-state index in [9.17, 15) is 4.79 Å². The second-order valence-corrected chi connectivity index (χ2v) is 6.70. The SMILES string of the molecule is CC(C)COC(=O)[C@@]1(N2CCNCC2)C=CC(Br)=CC1. The van der Waals surface area contributed by atoms with E-state index in [0.29, 0.717) is 18.9 Å². The highest BCUT2D eigenvalue weighted by Gasteiger charge is 2.44. The molecular formula is C15H23BrN2O2. The number of allylic oxidation sites excluding steroid dienone is 2. The fraction of sp³-hybridized carbons (Fsp3) is 0.667. The summed E-state index contributed by atoms with van der Waals surface area (Å²) in [5.41, 5.74) is -0.631. The van der Waals surface area contributed by atoms with Crippen molar-refractivity contribution in [2.45, 2.75) is 25.8 Å². The first-order valence-corrected chi connectivity index (χ1v) is 8.02. The highest BCUT2D eigenvalue weighted by atomic mass is 79.9. The number of nitrogens with zero attached hydrogens (tertiary/aromatic N) is 1. The highest BCUT2D eigenvalue weighted by molar-refractivity contribution is 9.11. The first kappa shape index (κ1) is 15.7. The number of piperazine rings is 1. The van der Waals surface area contributed by atoms with E-state index in [-0.39, 0.29) is 5.97 Å². The minimum absolute atomic E-state index is 0.124. The van der Waals surface area contributed by atoms with E-state index in [0.717, 1.165) is 30.7 Å². The first-order valence-electron chi connectivity index (χ1n) is 7.22. The number of hydrogen-bond donors (Lipinski definition) is 1. The Morgan fingerprint density at radius 1 is 1.50 bits per heavy atom. The molecule has 1 fully saturated rings. The van der Waals surface area contributed by atoms with Gasteiger partial charge in [0.2, 0.25) is 0 Å². The average molecular weight is 343 g/mol. The number of ether oxygens (including phenoxy) is 1. The van der Waals surface area contributed by atoms with Crippen molar-refractivity contribution in [2.24, 2.45) is 5.92 Å². The van der Waals surface area contributed by atoms with Gasteiger partial charge in [-0.3, -0.25) is 4.90 Å². The third-order valence-electron chi connectivity index (χ3n) is 3.71. The van der Waals surface area contributed by atoms with E-state index in [2.05, 4.69) is 46.1 Å². The summed E-state index contributed by atoms with van der Waals surface area (Å²) < 4.78 is 6.57. The van der Waals surface area contributed by atoms with E-state index in [1.54, 1.807) is 0 Å². The summed E-state index contributed by atoms with van der Waals surface area (Å²) >= 11 is 3.47. The van der Waals surface area contributed by atoms with Crippen molar-refractivity contribution in [1.29, 1.82) is 0 Å². The number of carbonyl (C=O) groups is 1. The molecule has 0 aromatic heterocycles. The fourth-order valence-corrected chi connectivity index (χ4v) is 2.85. The topological polar surface area (TPSA) is 41.6 Å². The van der Waals surface area contributed by atoms with Crippen molar-refractivity contribution in [3.8, 4) is 0 Å². The number of esters is 1. The Morgan fingerprint density at radius 3 is 2.75 bits per heavy atom. The summed E-state index contributed by atoms with van der Waals surface area (Å²) in [5, 5.41) is 3.33. The molecule has 0 unspecified atom stereocenters. The molecule has 1 heterocycles. The number of halogens is 1. The summed E-state index contributed by atoms with van der Waals surface area (Å²) in [7, 11) is 0. The minimum Gasteiger partial charge on any atom is -0.464 e. The van der Waals surface area contributed by atoms with Crippen LogP contribution < -0.4 is 5.32 Å². The molecule has 2 aliphatic rings. The monoisotopic (exact) mass is 342 g/mol. The lowest BCUT2D eigenvalue weighted by molar-refractivity contribution is -0.156. The van der Waals surface area contributed by atoms with Gasteiger partial charge in [0.15, 0.2) is 0 Å². The third kappa shape index (κ3) is 3.51. The van der Waals surface area contributed by atoms with Crippen molar-refractivity contribution < 1.29 is 9.53 Å². The maximum Gasteiger partial charge on any atom is 0.330 e. The molecule has 0 radical (unpaired) electrons. The zero-order valence-electron chi connectivity index (χ0n) is 12.2. The van der Waals surface area contributed by atoms with Crippen molar-refractivity contribution >= 4 is 21.9 Å². The van der Waals surface area contributed by atoms with Gasteiger partial charge in [0.25, 0.3) is 0 Å². The van der Waals surface area contributed by atoms with Crippen LogP contribution in [0.15, 0.2) is 22.7 Å². The van der Waals surface area contributed by atoms with E-state index in [4.69, 9.17) is 4.74 Å². The van der Waals surface area contributed by atoms with Crippen LogP contribution in [0.4, 0.5) is 0 Å². The maximum absolute atomic E-state index is 12.7. The van der Waals surface area contributed by atoms with Gasteiger partial charge in [-0.25, -0.2) is 4.79 Å². The quantitative estimate of drug-likeness (QED) is 0.794. The van der Waals surface area contributed by atoms with Crippen LogP contribution in [0.1, 0.15) is 20.3 Å². The molecule has 112 valence electrons. The third-order valence-corrected chi connectivity index (χ3v) is 4.30. The lowest BCUT2D eigenvalue weighted by Gasteiger charge is -2.42. The van der Waals surface area contributed by atoms with Crippen molar-refractivity contribution in [3.05, 3.63) is 22.7 Å². The van der Waals surface area contributed by atoms with Gasteiger partial charge < -0.3 is 10.1 Å². The van der Waals surface area contributed by atoms with Gasteiger partial charge in [-0.05, 0) is 18.4 Å². The summed E-state index contributed by atoms with van der Waals surface area (Å²) in [6.07, 6.45) is 6.67. The Morgan fingerprint density at radius 2 is 2.20 bits per heavy atom. The standard InChI is InChI=1S/C15H23BrN2O2/c1-12(2)11-20-14(19)15(5-3-13(16)4-6-15)18-9-7-17-8-10-18/h3-5,12,17H,6-11H2,1-2H3/t15-/m1/s1. The second kappa shape index (κ2) is 6.87. The molecule has 0 aromatic carbocycles. The zero-order valence-corrected chi connectivity index (χ0v) is 13.8. The van der Waals surface area contributed by atoms with Gasteiger partial charge in [0, 0.05) is 30.7 Å². The van der Waals surface area contributed by atoms with E-state index >= 15 is 0 Å². The average Bonchev–Trinajstić information content (AvgIpc) is 2.47. The van der Waals surface area contributed by atoms with Crippen molar-refractivity contribution in [1.82, 2.24) is 10.2 Å². The van der Waals surface area contributed by atoms with Crippen LogP contribution in [0.25, 0.3) is 0 Å². The molecule has 20 heavy (non-hydrogen) atoms. The van der Waals surface area contributed by atoms with Crippen LogP contribution >= 0.6 is 15.9 Å². The van der Waals surface area contributed by atoms with Crippen LogP contribution in [0.2, 0.25) is 0 Å². The number of rotatable bonds is 4. The van der Waals surface area contributed by atoms with Gasteiger partial charge in [-0.15, -0.1) is 0 Å². The minimum atomic E-state index is -0.631. The largest absolute Gasteiger partial charge is 0.464 e. The van der Waals surface area contributed by atoms with Crippen molar-refractivity contribution in [2.75, 3.05) is 32.8 Å². The van der Waals surface area contributed by atoms with E-state index in [1.165, 1.54) is 0 Å². The molecule has 0 aromatic rings. The van der Waals surface area contributed by atoms with Gasteiger partial charge in [-0.2, -0.15) is 0 Å². The number of carbonyl (C=O) groups excluding carboxylic acids is 1. The Hall–Kier alpha value is -0.650. The molecule has 1 saturated heterocycles. The van der Waals surface area contributed by atoms with Crippen LogP contribution in [0.3, 0.4) is 0 Å². The molecule has 1 aliphatic heterocycles. The molecule has 0 spiro atoms. The molecule has 1 aliphatic carbocycles. The predicted octanol–water partition coefficient (Wildman–Crippen LogP) is 2.07. The van der Waals surface area contributed by atoms with E-state index in [1.807, 2.05) is 12.2 Å². The summed E-state index contributed by atoms with van der Waals surface area (Å²) in [5.74, 6) is 0.231. The van der Waals surface area contributed by atoms with Crippen molar-refractivity contribution in [3.63, 3.8) is 0 Å². The Labute approximate surface area is 129 Å². The van der Waals surface area contributed by atoms with Gasteiger partial charge in [0.1, 0.15) is 5.54 Å². The van der Waals surface area contributed by atoms with Crippen LogP contribution in [-0.4, -0.2) is 49.2 Å². The van der Waals surface area contributed by atoms with Gasteiger partial charge in [-0.1, -0.05) is 41.9 Å². The van der Waals surface area contributed by atoms with Crippen LogP contribution in [0, 0.1) is 5.92 Å². The normalized spacial score (nSPS) is 27.5.